The van der Waals surface area contributed by atoms with Crippen LogP contribution in [0.1, 0.15) is 25.8 Å². The van der Waals surface area contributed by atoms with Crippen LogP contribution in [0.15, 0.2) is 18.2 Å². The van der Waals surface area contributed by atoms with Crippen molar-refractivity contribution in [2.24, 2.45) is 5.73 Å². The molecule has 1 aliphatic heterocycles. The minimum absolute atomic E-state index is 0.0296. The Bertz CT molecular complexity index is 538. The summed E-state index contributed by atoms with van der Waals surface area (Å²) in [5.41, 5.74) is 7.19. The predicted octanol–water partition coefficient (Wildman–Crippen LogP) is 1.47. The first-order valence-electron chi connectivity index (χ1n) is 8.52. The molecule has 1 saturated heterocycles. The maximum absolute atomic E-state index is 12.8. The van der Waals surface area contributed by atoms with E-state index >= 15 is 0 Å². The third-order valence-corrected chi connectivity index (χ3v) is 4.59. The molecule has 134 valence electrons. The molecule has 0 aliphatic carbocycles. The molecule has 1 amide bonds. The monoisotopic (exact) mass is 335 g/mol. The summed E-state index contributed by atoms with van der Waals surface area (Å²) in [5, 5.41) is 0. The Morgan fingerprint density at radius 1 is 1.21 bits per heavy atom. The molecule has 1 heterocycles. The van der Waals surface area contributed by atoms with Crippen LogP contribution in [0.4, 0.5) is 0 Å². The summed E-state index contributed by atoms with van der Waals surface area (Å²) >= 11 is 0. The van der Waals surface area contributed by atoms with Gasteiger partial charge in [0, 0.05) is 38.3 Å². The minimum Gasteiger partial charge on any atom is -0.497 e. The summed E-state index contributed by atoms with van der Waals surface area (Å²) in [6, 6.07) is 5.67. The molecule has 0 unspecified atom stereocenters. The number of carbonyl (C=O) groups excluding carboxylic acids is 1. The molecule has 24 heavy (non-hydrogen) atoms. The maximum atomic E-state index is 12.8. The van der Waals surface area contributed by atoms with E-state index in [1.165, 1.54) is 0 Å². The van der Waals surface area contributed by atoms with Gasteiger partial charge in [-0.15, -0.1) is 0 Å². The fraction of sp³-hybridized carbons (Fsp3) is 0.611. The van der Waals surface area contributed by atoms with Crippen molar-refractivity contribution in [2.45, 2.75) is 38.9 Å². The van der Waals surface area contributed by atoms with Crippen LogP contribution >= 0.6 is 0 Å². The highest BCUT2D eigenvalue weighted by molar-refractivity contribution is 5.82. The Morgan fingerprint density at radius 3 is 2.29 bits per heavy atom. The molecule has 1 fully saturated rings. The Hall–Kier alpha value is -1.79. The predicted molar refractivity (Wildman–Crippen MR) is 94.3 cm³/mol. The van der Waals surface area contributed by atoms with Gasteiger partial charge in [-0.3, -0.25) is 9.69 Å². The van der Waals surface area contributed by atoms with Crippen LogP contribution in [0.25, 0.3) is 0 Å². The van der Waals surface area contributed by atoms with E-state index in [1.54, 1.807) is 14.2 Å². The number of rotatable bonds is 7. The average Bonchev–Trinajstić information content (AvgIpc) is 2.95. The quantitative estimate of drug-likeness (QED) is 0.817. The maximum Gasteiger partial charge on any atom is 0.239 e. The number of likely N-dealkylation sites (N-methyl/N-ethyl adjacent to an activating group) is 1. The fourth-order valence-electron chi connectivity index (χ4n) is 3.31. The Labute approximate surface area is 144 Å². The van der Waals surface area contributed by atoms with Crippen LogP contribution in [0.5, 0.6) is 11.5 Å². The van der Waals surface area contributed by atoms with E-state index in [2.05, 4.69) is 4.90 Å². The number of carbonyl (C=O) groups is 1. The van der Waals surface area contributed by atoms with Crippen LogP contribution in [0.3, 0.4) is 0 Å². The molecule has 0 aromatic heterocycles. The Balaban J connectivity index is 2.19. The largest absolute Gasteiger partial charge is 0.497 e. The van der Waals surface area contributed by atoms with Gasteiger partial charge >= 0.3 is 0 Å². The number of benzene rings is 1. The van der Waals surface area contributed by atoms with E-state index in [0.29, 0.717) is 13.0 Å². The van der Waals surface area contributed by atoms with E-state index in [0.717, 1.165) is 36.7 Å². The third kappa shape index (κ3) is 4.19. The molecular weight excluding hydrogens is 306 g/mol. The summed E-state index contributed by atoms with van der Waals surface area (Å²) in [5.74, 6) is 1.67. The first kappa shape index (κ1) is 18.5. The van der Waals surface area contributed by atoms with Gasteiger partial charge in [0.25, 0.3) is 0 Å². The number of nitrogens with zero attached hydrogens (tertiary/aromatic N) is 2. The number of hydrogen-bond acceptors (Lipinski definition) is 5. The van der Waals surface area contributed by atoms with Crippen molar-refractivity contribution < 1.29 is 14.3 Å². The van der Waals surface area contributed by atoms with Gasteiger partial charge < -0.3 is 20.1 Å². The van der Waals surface area contributed by atoms with E-state index in [9.17, 15) is 4.79 Å². The molecule has 1 aromatic carbocycles. The molecular formula is C18H29N3O3. The summed E-state index contributed by atoms with van der Waals surface area (Å²) in [6.45, 7) is 6.83. The van der Waals surface area contributed by atoms with E-state index in [-0.39, 0.29) is 18.0 Å². The van der Waals surface area contributed by atoms with Gasteiger partial charge in [-0.25, -0.2) is 0 Å². The normalized spacial score (nSPS) is 20.9. The lowest BCUT2D eigenvalue weighted by molar-refractivity contribution is -0.135. The number of amides is 1. The standard InChI is InChI=1S/C18H29N3O3/c1-5-20(6-2)18(22)17-9-14(19)12-21(17)11-13-7-15(23-3)10-16(8-13)24-4/h7-8,10,14,17H,5-6,9,11-12,19H2,1-4H3/t14-,17+/m1/s1. The molecule has 1 aromatic rings. The van der Waals surface area contributed by atoms with Gasteiger partial charge in [0.05, 0.1) is 20.3 Å². The van der Waals surface area contributed by atoms with Crippen LogP contribution in [0.2, 0.25) is 0 Å². The van der Waals surface area contributed by atoms with E-state index in [1.807, 2.05) is 36.9 Å². The lowest BCUT2D eigenvalue weighted by atomic mass is 10.1. The summed E-state index contributed by atoms with van der Waals surface area (Å²) in [7, 11) is 3.27. The highest BCUT2D eigenvalue weighted by atomic mass is 16.5. The lowest BCUT2D eigenvalue weighted by Gasteiger charge is -2.29. The van der Waals surface area contributed by atoms with Gasteiger partial charge in [0.2, 0.25) is 5.91 Å². The molecule has 2 atom stereocenters. The van der Waals surface area contributed by atoms with Crippen molar-refractivity contribution in [3.8, 4) is 11.5 Å². The van der Waals surface area contributed by atoms with E-state index in [4.69, 9.17) is 15.2 Å². The van der Waals surface area contributed by atoms with Gasteiger partial charge in [-0.2, -0.15) is 0 Å². The van der Waals surface area contributed by atoms with Gasteiger partial charge in [-0.05, 0) is 38.0 Å². The Kier molecular flexibility index (Phi) is 6.45. The van der Waals surface area contributed by atoms with Crippen molar-refractivity contribution in [1.29, 1.82) is 0 Å². The van der Waals surface area contributed by atoms with Crippen molar-refractivity contribution in [2.75, 3.05) is 33.9 Å². The number of methoxy groups -OCH3 is 2. The van der Waals surface area contributed by atoms with Gasteiger partial charge in [0.1, 0.15) is 11.5 Å². The van der Waals surface area contributed by atoms with E-state index < -0.39 is 0 Å². The zero-order chi connectivity index (χ0) is 17.7. The topological polar surface area (TPSA) is 68.0 Å². The first-order valence-corrected chi connectivity index (χ1v) is 8.52. The molecule has 1 aliphatic rings. The van der Waals surface area contributed by atoms with Gasteiger partial charge in [0.15, 0.2) is 0 Å². The zero-order valence-corrected chi connectivity index (χ0v) is 15.1. The molecule has 6 nitrogen and oxygen atoms in total. The van der Waals surface area contributed by atoms with Crippen LogP contribution < -0.4 is 15.2 Å². The molecule has 0 bridgehead atoms. The van der Waals surface area contributed by atoms with Crippen molar-refractivity contribution in [3.05, 3.63) is 23.8 Å². The second-order valence-electron chi connectivity index (χ2n) is 6.17. The molecule has 2 rings (SSSR count). The molecule has 6 heteroatoms. The van der Waals surface area contributed by atoms with Crippen molar-refractivity contribution >= 4 is 5.91 Å². The SMILES string of the molecule is CCN(CC)C(=O)[C@@H]1C[C@@H](N)CN1Cc1cc(OC)cc(OC)c1. The zero-order valence-electron chi connectivity index (χ0n) is 15.1. The molecule has 0 saturated carbocycles. The summed E-state index contributed by atoms with van der Waals surface area (Å²) < 4.78 is 10.7. The number of nitrogens with two attached hydrogens (primary N) is 1. The fourth-order valence-corrected chi connectivity index (χ4v) is 3.31. The van der Waals surface area contributed by atoms with Gasteiger partial charge in [-0.1, -0.05) is 0 Å². The average molecular weight is 335 g/mol. The highest BCUT2D eigenvalue weighted by Gasteiger charge is 2.36. The van der Waals surface area contributed by atoms with Crippen molar-refractivity contribution in [1.82, 2.24) is 9.80 Å². The smallest absolute Gasteiger partial charge is 0.239 e. The first-order chi connectivity index (χ1) is 11.5. The number of hydrogen-bond donors (Lipinski definition) is 1. The number of ether oxygens (including phenoxy) is 2. The molecule has 0 radical (unpaired) electrons. The molecule has 2 N–H and O–H groups in total. The second kappa shape index (κ2) is 8.35. The summed E-state index contributed by atoms with van der Waals surface area (Å²) in [4.78, 5) is 16.8. The van der Waals surface area contributed by atoms with Crippen LogP contribution in [-0.4, -0.2) is 61.6 Å². The second-order valence-corrected chi connectivity index (χ2v) is 6.17. The Morgan fingerprint density at radius 2 is 1.79 bits per heavy atom. The third-order valence-electron chi connectivity index (χ3n) is 4.59. The lowest BCUT2D eigenvalue weighted by Crippen LogP contribution is -2.45. The highest BCUT2D eigenvalue weighted by Crippen LogP contribution is 2.26. The molecule has 0 spiro atoms. The minimum atomic E-state index is -0.155. The number of likely N-dealkylation sites (tertiary alicyclic amines) is 1. The van der Waals surface area contributed by atoms with Crippen LogP contribution in [-0.2, 0) is 11.3 Å². The van der Waals surface area contributed by atoms with Crippen LogP contribution in [0, 0.1) is 0 Å². The summed E-state index contributed by atoms with van der Waals surface area (Å²) in [6.07, 6.45) is 0.705. The van der Waals surface area contributed by atoms with Crippen molar-refractivity contribution in [3.63, 3.8) is 0 Å².